The Balaban J connectivity index is 1.43. The topological polar surface area (TPSA) is 113 Å². The quantitative estimate of drug-likeness (QED) is 0.502. The molecular formula is C23H27N5O4. The van der Waals surface area contributed by atoms with Crippen LogP contribution in [0.15, 0.2) is 36.4 Å². The standard InChI is InChI=1S/C23H27N5O4/c1-14-13-18(15(2)27(14)17-9-5-4-6-10-17)20(30)26-25-19(29)16(3)28-21(31)23(24-22(28)32)11-7-8-12-23/h4-6,9-10,13,16H,7-8,11-12H2,1-3H3,(H,24,32)(H,25,29)(H,26,30). The highest BCUT2D eigenvalue weighted by molar-refractivity contribution is 6.10. The fourth-order valence-corrected chi connectivity index (χ4v) is 4.68. The smallest absolute Gasteiger partial charge is 0.323 e. The molecule has 1 unspecified atom stereocenters. The molecule has 2 heterocycles. The number of benzene rings is 1. The van der Waals surface area contributed by atoms with Gasteiger partial charge in [0.05, 0.1) is 5.56 Å². The van der Waals surface area contributed by atoms with Crippen LogP contribution in [0, 0.1) is 13.8 Å². The Hall–Kier alpha value is -3.62. The molecule has 4 rings (SSSR count). The highest BCUT2D eigenvalue weighted by Crippen LogP contribution is 2.35. The van der Waals surface area contributed by atoms with Crippen LogP contribution in [-0.4, -0.2) is 44.8 Å². The van der Waals surface area contributed by atoms with Gasteiger partial charge in [0.25, 0.3) is 17.7 Å². The molecular weight excluding hydrogens is 410 g/mol. The molecule has 168 valence electrons. The summed E-state index contributed by atoms with van der Waals surface area (Å²) in [6.07, 6.45) is 2.88. The minimum atomic E-state index is -1.06. The number of aromatic nitrogens is 1. The Kier molecular flexibility index (Phi) is 5.50. The van der Waals surface area contributed by atoms with Gasteiger partial charge in [-0.3, -0.25) is 25.2 Å². The lowest BCUT2D eigenvalue weighted by Crippen LogP contribution is -2.53. The van der Waals surface area contributed by atoms with E-state index in [-0.39, 0.29) is 5.91 Å². The van der Waals surface area contributed by atoms with Gasteiger partial charge in [0.2, 0.25) is 0 Å². The number of urea groups is 1. The Morgan fingerprint density at radius 1 is 1.06 bits per heavy atom. The summed E-state index contributed by atoms with van der Waals surface area (Å²) in [7, 11) is 0. The lowest BCUT2D eigenvalue weighted by atomic mass is 9.97. The highest BCUT2D eigenvalue weighted by Gasteiger charge is 2.54. The van der Waals surface area contributed by atoms with Crippen molar-refractivity contribution in [1.82, 2.24) is 25.6 Å². The number of nitrogens with one attached hydrogen (secondary N) is 3. The molecule has 0 radical (unpaired) electrons. The first-order valence-electron chi connectivity index (χ1n) is 10.8. The number of rotatable bonds is 4. The molecule has 1 spiro atoms. The molecule has 1 saturated carbocycles. The van der Waals surface area contributed by atoms with Crippen molar-refractivity contribution < 1.29 is 19.2 Å². The molecule has 1 aliphatic heterocycles. The molecule has 1 aliphatic carbocycles. The van der Waals surface area contributed by atoms with E-state index >= 15 is 0 Å². The van der Waals surface area contributed by atoms with Crippen molar-refractivity contribution in [2.45, 2.75) is 58.0 Å². The van der Waals surface area contributed by atoms with Gasteiger partial charge in [0.15, 0.2) is 0 Å². The Bertz CT molecular complexity index is 1090. The van der Waals surface area contributed by atoms with E-state index in [0.29, 0.717) is 18.4 Å². The average molecular weight is 438 g/mol. The van der Waals surface area contributed by atoms with E-state index in [1.807, 2.05) is 48.7 Å². The van der Waals surface area contributed by atoms with Gasteiger partial charge >= 0.3 is 6.03 Å². The zero-order valence-corrected chi connectivity index (χ0v) is 18.4. The first-order valence-corrected chi connectivity index (χ1v) is 10.8. The van der Waals surface area contributed by atoms with Crippen LogP contribution >= 0.6 is 0 Å². The van der Waals surface area contributed by atoms with Crippen molar-refractivity contribution in [2.24, 2.45) is 0 Å². The van der Waals surface area contributed by atoms with Gasteiger partial charge < -0.3 is 9.88 Å². The van der Waals surface area contributed by atoms with Crippen LogP contribution in [0.3, 0.4) is 0 Å². The molecule has 1 atom stereocenters. The third-order valence-electron chi connectivity index (χ3n) is 6.41. The summed E-state index contributed by atoms with van der Waals surface area (Å²) in [6, 6.07) is 9.76. The third kappa shape index (κ3) is 3.53. The Labute approximate surface area is 186 Å². The molecule has 0 bridgehead atoms. The first kappa shape index (κ1) is 21.6. The second kappa shape index (κ2) is 8.14. The highest BCUT2D eigenvalue weighted by atomic mass is 16.2. The molecule has 1 saturated heterocycles. The number of carbonyl (C=O) groups excluding carboxylic acids is 4. The van der Waals surface area contributed by atoms with Gasteiger partial charge in [0.1, 0.15) is 11.6 Å². The van der Waals surface area contributed by atoms with E-state index in [0.717, 1.165) is 34.8 Å². The number of hydrogen-bond acceptors (Lipinski definition) is 4. The van der Waals surface area contributed by atoms with Crippen LogP contribution in [-0.2, 0) is 9.59 Å². The SMILES string of the molecule is Cc1cc(C(=O)NNC(=O)C(C)N2C(=O)NC3(CCCC3)C2=O)c(C)n1-c1ccccc1. The number of carbonyl (C=O) groups is 4. The van der Waals surface area contributed by atoms with Gasteiger partial charge in [-0.05, 0) is 51.8 Å². The lowest BCUT2D eigenvalue weighted by Gasteiger charge is -2.23. The van der Waals surface area contributed by atoms with Gasteiger partial charge in [-0.1, -0.05) is 31.0 Å². The molecule has 5 amide bonds. The summed E-state index contributed by atoms with van der Waals surface area (Å²) in [5.41, 5.74) is 6.82. The van der Waals surface area contributed by atoms with Crippen molar-refractivity contribution >= 4 is 23.8 Å². The van der Waals surface area contributed by atoms with Crippen LogP contribution in [0.25, 0.3) is 5.69 Å². The van der Waals surface area contributed by atoms with Gasteiger partial charge in [-0.25, -0.2) is 9.69 Å². The van der Waals surface area contributed by atoms with Crippen molar-refractivity contribution in [3.8, 4) is 5.69 Å². The third-order valence-corrected chi connectivity index (χ3v) is 6.41. The summed E-state index contributed by atoms with van der Waals surface area (Å²) >= 11 is 0. The van der Waals surface area contributed by atoms with Crippen molar-refractivity contribution in [3.05, 3.63) is 53.3 Å². The summed E-state index contributed by atoms with van der Waals surface area (Å²) in [6.45, 7) is 5.19. The van der Waals surface area contributed by atoms with Gasteiger partial charge in [-0.15, -0.1) is 0 Å². The van der Waals surface area contributed by atoms with Crippen LogP contribution in [0.2, 0.25) is 0 Å². The second-order valence-electron chi connectivity index (χ2n) is 8.47. The van der Waals surface area contributed by atoms with Crippen LogP contribution < -0.4 is 16.2 Å². The lowest BCUT2D eigenvalue weighted by molar-refractivity contribution is -0.138. The van der Waals surface area contributed by atoms with E-state index in [4.69, 9.17) is 0 Å². The Morgan fingerprint density at radius 2 is 1.72 bits per heavy atom. The van der Waals surface area contributed by atoms with E-state index in [1.54, 1.807) is 6.07 Å². The molecule has 3 N–H and O–H groups in total. The zero-order chi connectivity index (χ0) is 23.0. The molecule has 2 aromatic rings. The van der Waals surface area contributed by atoms with E-state index < -0.39 is 29.4 Å². The van der Waals surface area contributed by atoms with Crippen LogP contribution in [0.4, 0.5) is 4.79 Å². The maximum Gasteiger partial charge on any atom is 0.325 e. The largest absolute Gasteiger partial charge is 0.325 e. The predicted molar refractivity (Wildman–Crippen MR) is 117 cm³/mol. The average Bonchev–Trinajstić information content (AvgIpc) is 3.43. The monoisotopic (exact) mass is 437 g/mol. The number of hydrogen-bond donors (Lipinski definition) is 3. The van der Waals surface area contributed by atoms with E-state index in [9.17, 15) is 19.2 Å². The molecule has 2 aliphatic rings. The van der Waals surface area contributed by atoms with Gasteiger partial charge in [-0.2, -0.15) is 0 Å². The summed E-state index contributed by atoms with van der Waals surface area (Å²) in [4.78, 5) is 51.6. The fourth-order valence-electron chi connectivity index (χ4n) is 4.68. The number of nitrogens with zero attached hydrogens (tertiary/aromatic N) is 2. The maximum atomic E-state index is 12.8. The number of para-hydroxylation sites is 1. The van der Waals surface area contributed by atoms with E-state index in [1.165, 1.54) is 6.92 Å². The van der Waals surface area contributed by atoms with Gasteiger partial charge in [0, 0.05) is 17.1 Å². The maximum absolute atomic E-state index is 12.8. The first-order chi connectivity index (χ1) is 15.2. The Morgan fingerprint density at radius 3 is 2.38 bits per heavy atom. The molecule has 9 heteroatoms. The molecule has 9 nitrogen and oxygen atoms in total. The van der Waals surface area contributed by atoms with E-state index in [2.05, 4.69) is 16.2 Å². The normalized spacial score (nSPS) is 18.0. The molecule has 1 aromatic carbocycles. The number of hydrazine groups is 1. The van der Waals surface area contributed by atoms with Crippen LogP contribution in [0.5, 0.6) is 0 Å². The minimum absolute atomic E-state index is 0.375. The number of imide groups is 1. The van der Waals surface area contributed by atoms with Crippen molar-refractivity contribution in [3.63, 3.8) is 0 Å². The predicted octanol–water partition coefficient (Wildman–Crippen LogP) is 2.11. The van der Waals surface area contributed by atoms with Crippen molar-refractivity contribution in [2.75, 3.05) is 0 Å². The summed E-state index contributed by atoms with van der Waals surface area (Å²) in [5, 5.41) is 2.75. The summed E-state index contributed by atoms with van der Waals surface area (Å²) < 4.78 is 1.95. The second-order valence-corrected chi connectivity index (χ2v) is 8.47. The van der Waals surface area contributed by atoms with Crippen molar-refractivity contribution in [1.29, 1.82) is 0 Å². The molecule has 2 fully saturated rings. The molecule has 32 heavy (non-hydrogen) atoms. The number of aryl methyl sites for hydroxylation is 1. The fraction of sp³-hybridized carbons (Fsp3) is 0.391. The summed E-state index contributed by atoms with van der Waals surface area (Å²) in [5.74, 6) is -1.50. The minimum Gasteiger partial charge on any atom is -0.323 e. The zero-order valence-electron chi connectivity index (χ0n) is 18.4. The number of amides is 5. The van der Waals surface area contributed by atoms with Crippen LogP contribution in [0.1, 0.15) is 54.4 Å². The molecule has 1 aromatic heterocycles.